The molecule has 48 heavy (non-hydrogen) atoms. The van der Waals surface area contributed by atoms with Crippen molar-refractivity contribution in [2.75, 3.05) is 22.9 Å². The number of carbonyl (C=O) groups excluding carboxylic acids is 2. The van der Waals surface area contributed by atoms with Gasteiger partial charge in [0.25, 0.3) is 11.8 Å². The van der Waals surface area contributed by atoms with Crippen LogP contribution in [0.25, 0.3) is 11.1 Å². The minimum Gasteiger partial charge on any atom is -0.308 e. The fourth-order valence-corrected chi connectivity index (χ4v) is 5.78. The van der Waals surface area contributed by atoms with Crippen LogP contribution in [0.3, 0.4) is 0 Å². The van der Waals surface area contributed by atoms with Crippen LogP contribution in [0.2, 0.25) is 0 Å². The quantitative estimate of drug-likeness (QED) is 0.176. The van der Waals surface area contributed by atoms with Crippen molar-refractivity contribution in [3.63, 3.8) is 0 Å². The fraction of sp³-hybridized carbons (Fsp3) is 0.182. The molecule has 6 bridgehead atoms. The third kappa shape index (κ3) is 7.25. The van der Waals surface area contributed by atoms with Gasteiger partial charge in [-0.05, 0) is 109 Å². The Morgan fingerprint density at radius 2 is 0.833 bits per heavy atom. The third-order valence-electron chi connectivity index (χ3n) is 8.52. The summed E-state index contributed by atoms with van der Waals surface area (Å²) in [6.45, 7) is 5.42. The van der Waals surface area contributed by atoms with Crippen molar-refractivity contribution in [1.82, 2.24) is 0 Å². The van der Waals surface area contributed by atoms with Gasteiger partial charge < -0.3 is 9.80 Å². The number of benzene rings is 5. The van der Waals surface area contributed by atoms with Gasteiger partial charge in [-0.3, -0.25) is 9.59 Å². The van der Waals surface area contributed by atoms with Crippen LogP contribution >= 0.6 is 0 Å². The predicted molar refractivity (Wildman–Crippen MR) is 196 cm³/mol. The normalized spacial score (nSPS) is 12.5. The molecule has 10 rings (SSSR count). The molecule has 4 nitrogen and oxygen atoms in total. The highest BCUT2D eigenvalue weighted by Gasteiger charge is 2.21. The van der Waals surface area contributed by atoms with E-state index in [0.29, 0.717) is 24.2 Å². The second-order valence-electron chi connectivity index (χ2n) is 11.9. The monoisotopic (exact) mass is 626 g/mol. The Labute approximate surface area is 284 Å². The highest BCUT2D eigenvalue weighted by atomic mass is 16.2. The molecule has 5 aliphatic rings. The van der Waals surface area contributed by atoms with Crippen LogP contribution in [0.4, 0.5) is 11.4 Å². The summed E-state index contributed by atoms with van der Waals surface area (Å²) in [4.78, 5) is 31.3. The van der Waals surface area contributed by atoms with Gasteiger partial charge in [-0.2, -0.15) is 0 Å². The second kappa shape index (κ2) is 15.2. The van der Waals surface area contributed by atoms with Crippen molar-refractivity contribution in [3.8, 4) is 34.8 Å². The van der Waals surface area contributed by atoms with E-state index in [-0.39, 0.29) is 11.8 Å². The van der Waals surface area contributed by atoms with Crippen LogP contribution in [0.15, 0.2) is 121 Å². The highest BCUT2D eigenvalue weighted by molar-refractivity contribution is 6.09. The molecule has 0 spiro atoms. The second-order valence-corrected chi connectivity index (χ2v) is 11.9. The Morgan fingerprint density at radius 3 is 1.21 bits per heavy atom. The van der Waals surface area contributed by atoms with Crippen molar-refractivity contribution in [3.05, 3.63) is 155 Å². The number of amides is 2. The van der Waals surface area contributed by atoms with Gasteiger partial charge in [0.05, 0.1) is 0 Å². The SMILES string of the molecule is CCCCN1C(=O)c2ccc(cc2)C(=O)N(CCCC)c2ccc(cc2)C#Cc2ccccc2-c2ccccc2C#Cc2ccc1cc2. The van der Waals surface area contributed by atoms with Crippen molar-refractivity contribution in [2.24, 2.45) is 0 Å². The summed E-state index contributed by atoms with van der Waals surface area (Å²) in [5, 5.41) is 0. The third-order valence-corrected chi connectivity index (χ3v) is 8.52. The molecule has 236 valence electrons. The van der Waals surface area contributed by atoms with Crippen LogP contribution < -0.4 is 9.80 Å². The molecule has 0 radical (unpaired) electrons. The van der Waals surface area contributed by atoms with Crippen molar-refractivity contribution >= 4 is 23.2 Å². The minimum absolute atomic E-state index is 0.0946. The lowest BCUT2D eigenvalue weighted by atomic mass is 9.95. The minimum atomic E-state index is -0.0946. The first kappa shape index (κ1) is 32.1. The van der Waals surface area contributed by atoms with Gasteiger partial charge in [-0.1, -0.05) is 86.8 Å². The maximum absolute atomic E-state index is 13.9. The molecular formula is C44H38N2O2. The maximum Gasteiger partial charge on any atom is 0.258 e. The lowest BCUT2D eigenvalue weighted by Gasteiger charge is -2.24. The number of fused-ring (bicyclic) bond motifs is 1. The first-order valence-electron chi connectivity index (χ1n) is 16.7. The molecule has 0 N–H and O–H groups in total. The van der Waals surface area contributed by atoms with E-state index in [1.165, 1.54) is 0 Å². The van der Waals surface area contributed by atoms with Crippen LogP contribution in [-0.4, -0.2) is 24.9 Å². The molecule has 0 unspecified atom stereocenters. The van der Waals surface area contributed by atoms with E-state index in [9.17, 15) is 9.59 Å². The summed E-state index contributed by atoms with van der Waals surface area (Å²) in [5.41, 5.74) is 8.29. The van der Waals surface area contributed by atoms with Crippen LogP contribution in [-0.2, 0) is 0 Å². The van der Waals surface area contributed by atoms with E-state index in [1.807, 2.05) is 94.7 Å². The molecule has 5 aromatic carbocycles. The largest absolute Gasteiger partial charge is 0.308 e. The zero-order valence-electron chi connectivity index (χ0n) is 27.5. The number of hydrogen-bond acceptors (Lipinski definition) is 2. The number of nitrogens with zero attached hydrogens (tertiary/aromatic N) is 2. The molecule has 4 heteroatoms. The van der Waals surface area contributed by atoms with Gasteiger partial charge in [-0.15, -0.1) is 0 Å². The lowest BCUT2D eigenvalue weighted by Crippen LogP contribution is -2.33. The standard InChI is InChI=1S/C44H38N2O2/c1-3-5-31-45-39-27-17-33(18-28-39)15-21-35-11-7-9-13-41(35)42-14-10-8-12-36(42)22-16-34-19-29-40(30-20-34)46(32-6-4-2)44(48)38-25-23-37(24-26-38)43(45)47/h7-14,17-20,23-30H,3-6,31-32H2,1-2H3. The van der Waals surface area contributed by atoms with E-state index in [4.69, 9.17) is 0 Å². The topological polar surface area (TPSA) is 40.6 Å². The average molecular weight is 627 g/mol. The summed E-state index contributed by atoms with van der Waals surface area (Å²) in [7, 11) is 0. The Kier molecular flexibility index (Phi) is 10.1. The van der Waals surface area contributed by atoms with E-state index in [1.54, 1.807) is 24.3 Å². The Bertz CT molecular complexity index is 1890. The molecule has 0 saturated carbocycles. The Balaban J connectivity index is 1.48. The van der Waals surface area contributed by atoms with E-state index >= 15 is 0 Å². The van der Waals surface area contributed by atoms with Gasteiger partial charge >= 0.3 is 0 Å². The average Bonchev–Trinajstić information content (AvgIpc) is 3.14. The summed E-state index contributed by atoms with van der Waals surface area (Å²) in [6, 6.07) is 39.0. The van der Waals surface area contributed by atoms with E-state index in [2.05, 4.69) is 49.7 Å². The van der Waals surface area contributed by atoms with Gasteiger partial charge in [0, 0.05) is 57.8 Å². The van der Waals surface area contributed by atoms with E-state index in [0.717, 1.165) is 70.4 Å². The van der Waals surface area contributed by atoms with Crippen molar-refractivity contribution in [2.45, 2.75) is 39.5 Å². The number of rotatable bonds is 6. The fourth-order valence-electron chi connectivity index (χ4n) is 5.78. The molecule has 0 fully saturated rings. The molecule has 0 saturated heterocycles. The predicted octanol–water partition coefficient (Wildman–Crippen LogP) is 9.36. The molecule has 2 amide bonds. The number of anilines is 2. The van der Waals surface area contributed by atoms with Crippen LogP contribution in [0.5, 0.6) is 0 Å². The molecule has 0 aromatic heterocycles. The maximum atomic E-state index is 13.9. The zero-order chi connectivity index (χ0) is 33.3. The number of hydrogen-bond donors (Lipinski definition) is 0. The summed E-state index contributed by atoms with van der Waals surface area (Å²) in [5.74, 6) is 13.3. The van der Waals surface area contributed by atoms with Crippen LogP contribution in [0.1, 0.15) is 82.5 Å². The molecule has 0 aliphatic carbocycles. The molecule has 5 aliphatic heterocycles. The molecule has 0 atom stereocenters. The zero-order valence-corrected chi connectivity index (χ0v) is 27.5. The lowest BCUT2D eigenvalue weighted by molar-refractivity contribution is 0.0975. The first-order chi connectivity index (χ1) is 23.6. The number of carbonyl (C=O) groups is 2. The van der Waals surface area contributed by atoms with Crippen LogP contribution in [0, 0.1) is 23.7 Å². The van der Waals surface area contributed by atoms with Gasteiger partial charge in [0.2, 0.25) is 0 Å². The smallest absolute Gasteiger partial charge is 0.258 e. The number of unbranched alkanes of at least 4 members (excludes halogenated alkanes) is 2. The van der Waals surface area contributed by atoms with Gasteiger partial charge in [0.15, 0.2) is 0 Å². The molecular weight excluding hydrogens is 588 g/mol. The summed E-state index contributed by atoms with van der Waals surface area (Å²) in [6.07, 6.45) is 3.67. The highest BCUT2D eigenvalue weighted by Crippen LogP contribution is 2.27. The van der Waals surface area contributed by atoms with E-state index < -0.39 is 0 Å². The van der Waals surface area contributed by atoms with Gasteiger partial charge in [-0.25, -0.2) is 0 Å². The Morgan fingerprint density at radius 1 is 0.458 bits per heavy atom. The summed E-state index contributed by atoms with van der Waals surface area (Å²) >= 11 is 0. The Hall–Kier alpha value is -5.84. The molecule has 5 aromatic rings. The van der Waals surface area contributed by atoms with Gasteiger partial charge in [0.1, 0.15) is 0 Å². The molecule has 5 heterocycles. The summed E-state index contributed by atoms with van der Waals surface area (Å²) < 4.78 is 0. The van der Waals surface area contributed by atoms with Crippen molar-refractivity contribution in [1.29, 1.82) is 0 Å². The van der Waals surface area contributed by atoms with Crippen molar-refractivity contribution < 1.29 is 9.59 Å². The first-order valence-corrected chi connectivity index (χ1v) is 16.7.